The van der Waals surface area contributed by atoms with E-state index in [4.69, 9.17) is 5.26 Å². The second-order valence-corrected chi connectivity index (χ2v) is 5.57. The Morgan fingerprint density at radius 2 is 2.21 bits per heavy atom. The summed E-state index contributed by atoms with van der Waals surface area (Å²) in [7, 11) is 4.17. The molecular formula is C15H24N4. The Hall–Kier alpha value is -1.31. The third-order valence-electron chi connectivity index (χ3n) is 4.37. The van der Waals surface area contributed by atoms with Crippen LogP contribution in [-0.2, 0) is 13.6 Å². The first-order chi connectivity index (χ1) is 9.13. The molecule has 0 radical (unpaired) electrons. The van der Waals surface area contributed by atoms with Crippen molar-refractivity contribution >= 4 is 0 Å². The van der Waals surface area contributed by atoms with Crippen LogP contribution in [0.2, 0.25) is 0 Å². The lowest BCUT2D eigenvalue weighted by atomic mass is 10.0. The van der Waals surface area contributed by atoms with Gasteiger partial charge in [-0.05, 0) is 45.0 Å². The summed E-state index contributed by atoms with van der Waals surface area (Å²) in [4.78, 5) is 2.45. The molecule has 19 heavy (non-hydrogen) atoms. The molecular weight excluding hydrogens is 236 g/mol. The molecule has 1 N–H and O–H groups in total. The van der Waals surface area contributed by atoms with Crippen molar-refractivity contribution < 1.29 is 0 Å². The first-order valence-electron chi connectivity index (χ1n) is 7.09. The molecule has 1 aliphatic heterocycles. The van der Waals surface area contributed by atoms with E-state index in [1.807, 2.05) is 17.7 Å². The molecule has 104 valence electrons. The molecule has 1 aromatic heterocycles. The van der Waals surface area contributed by atoms with Crippen LogP contribution in [0, 0.1) is 18.3 Å². The fourth-order valence-corrected chi connectivity index (χ4v) is 2.82. The topological polar surface area (TPSA) is 44.0 Å². The summed E-state index contributed by atoms with van der Waals surface area (Å²) in [5.41, 5.74) is 3.16. The Morgan fingerprint density at radius 1 is 1.42 bits per heavy atom. The number of likely N-dealkylation sites (N-methyl/N-ethyl adjacent to an activating group) is 1. The van der Waals surface area contributed by atoms with Crippen LogP contribution >= 0.6 is 0 Å². The molecule has 4 heteroatoms. The highest BCUT2D eigenvalue weighted by atomic mass is 15.2. The summed E-state index contributed by atoms with van der Waals surface area (Å²) in [6.07, 6.45) is 3.97. The van der Waals surface area contributed by atoms with Crippen molar-refractivity contribution in [3.63, 3.8) is 0 Å². The number of nitrogens with zero attached hydrogens (tertiary/aromatic N) is 3. The minimum Gasteiger partial charge on any atom is -0.340 e. The van der Waals surface area contributed by atoms with Gasteiger partial charge in [-0.25, -0.2) is 0 Å². The normalized spacial score (nSPS) is 20.4. The van der Waals surface area contributed by atoms with E-state index in [9.17, 15) is 0 Å². The predicted molar refractivity (Wildman–Crippen MR) is 76.8 cm³/mol. The quantitative estimate of drug-likeness (QED) is 0.897. The summed E-state index contributed by atoms with van der Waals surface area (Å²) in [5, 5.41) is 12.6. The van der Waals surface area contributed by atoms with Crippen molar-refractivity contribution in [2.45, 2.75) is 38.8 Å². The Kier molecular flexibility index (Phi) is 4.62. The molecule has 1 fully saturated rings. The van der Waals surface area contributed by atoms with Crippen LogP contribution in [0.5, 0.6) is 0 Å². The highest BCUT2D eigenvalue weighted by molar-refractivity contribution is 5.34. The zero-order valence-electron chi connectivity index (χ0n) is 12.2. The standard InChI is InChI=1S/C15H24N4/c1-12-13(8-15(9-16)19(12)3)10-17-11-14-6-4-5-7-18(14)2/h8,14,17H,4-7,10-11H2,1-3H3. The number of aromatic nitrogens is 1. The SMILES string of the molecule is Cc1c(CNCC2CCCCN2C)cc(C#N)n1C. The minimum atomic E-state index is 0.660. The number of piperidine rings is 1. The number of nitrogens with one attached hydrogen (secondary N) is 1. The molecule has 1 atom stereocenters. The number of hydrogen-bond donors (Lipinski definition) is 1. The zero-order valence-corrected chi connectivity index (χ0v) is 12.2. The molecule has 2 rings (SSSR count). The molecule has 1 aromatic rings. The second kappa shape index (κ2) is 6.23. The largest absolute Gasteiger partial charge is 0.340 e. The van der Waals surface area contributed by atoms with E-state index < -0.39 is 0 Å². The number of rotatable bonds is 4. The van der Waals surface area contributed by atoms with Gasteiger partial charge in [0.25, 0.3) is 0 Å². The van der Waals surface area contributed by atoms with Gasteiger partial charge < -0.3 is 14.8 Å². The summed E-state index contributed by atoms with van der Waals surface area (Å²) >= 11 is 0. The molecule has 0 aromatic carbocycles. The fourth-order valence-electron chi connectivity index (χ4n) is 2.82. The van der Waals surface area contributed by atoms with Crippen LogP contribution in [0.4, 0.5) is 0 Å². The smallest absolute Gasteiger partial charge is 0.120 e. The monoisotopic (exact) mass is 260 g/mol. The Bertz CT molecular complexity index is 469. The van der Waals surface area contributed by atoms with Crippen molar-refractivity contribution in [2.75, 3.05) is 20.1 Å². The molecule has 0 bridgehead atoms. The number of hydrogen-bond acceptors (Lipinski definition) is 3. The van der Waals surface area contributed by atoms with Crippen LogP contribution in [0.25, 0.3) is 0 Å². The van der Waals surface area contributed by atoms with Gasteiger partial charge in [0.05, 0.1) is 0 Å². The lowest BCUT2D eigenvalue weighted by Crippen LogP contribution is -2.42. The third-order valence-corrected chi connectivity index (χ3v) is 4.37. The second-order valence-electron chi connectivity index (χ2n) is 5.57. The molecule has 0 amide bonds. The van der Waals surface area contributed by atoms with Gasteiger partial charge in [0, 0.05) is 31.9 Å². The van der Waals surface area contributed by atoms with Crippen molar-refractivity contribution in [2.24, 2.45) is 7.05 Å². The number of likely N-dealkylation sites (tertiary alicyclic amines) is 1. The summed E-state index contributed by atoms with van der Waals surface area (Å²) in [5.74, 6) is 0. The van der Waals surface area contributed by atoms with Gasteiger partial charge in [-0.1, -0.05) is 6.42 Å². The first-order valence-corrected chi connectivity index (χ1v) is 7.09. The molecule has 0 spiro atoms. The maximum Gasteiger partial charge on any atom is 0.120 e. The van der Waals surface area contributed by atoms with Crippen LogP contribution < -0.4 is 5.32 Å². The molecule has 4 nitrogen and oxygen atoms in total. The van der Waals surface area contributed by atoms with Crippen LogP contribution in [0.1, 0.15) is 36.2 Å². The van der Waals surface area contributed by atoms with E-state index in [1.54, 1.807) is 0 Å². The molecule has 1 unspecified atom stereocenters. The molecule has 0 aliphatic carbocycles. The van der Waals surface area contributed by atoms with E-state index in [0.29, 0.717) is 6.04 Å². The minimum absolute atomic E-state index is 0.660. The summed E-state index contributed by atoms with van der Waals surface area (Å²) < 4.78 is 1.96. The summed E-state index contributed by atoms with van der Waals surface area (Å²) in [6, 6.07) is 4.88. The van der Waals surface area contributed by atoms with Crippen LogP contribution in [-0.4, -0.2) is 35.6 Å². The van der Waals surface area contributed by atoms with E-state index >= 15 is 0 Å². The Labute approximate surface area is 116 Å². The van der Waals surface area contributed by atoms with Crippen molar-refractivity contribution in [1.82, 2.24) is 14.8 Å². The highest BCUT2D eigenvalue weighted by Crippen LogP contribution is 2.15. The van der Waals surface area contributed by atoms with Gasteiger partial charge in [-0.3, -0.25) is 0 Å². The predicted octanol–water partition coefficient (Wildman–Crippen LogP) is 1.78. The lowest BCUT2D eigenvalue weighted by Gasteiger charge is -2.32. The van der Waals surface area contributed by atoms with Gasteiger partial charge >= 0.3 is 0 Å². The number of nitriles is 1. The van der Waals surface area contributed by atoms with E-state index in [0.717, 1.165) is 18.8 Å². The van der Waals surface area contributed by atoms with E-state index in [2.05, 4.69) is 30.3 Å². The first kappa shape index (κ1) is 14.1. The van der Waals surface area contributed by atoms with Gasteiger partial charge in [0.15, 0.2) is 0 Å². The maximum absolute atomic E-state index is 9.02. The molecule has 0 saturated carbocycles. The Morgan fingerprint density at radius 3 is 2.84 bits per heavy atom. The van der Waals surface area contributed by atoms with Crippen molar-refractivity contribution in [3.05, 3.63) is 23.0 Å². The van der Waals surface area contributed by atoms with Gasteiger partial charge in [0.1, 0.15) is 11.8 Å². The zero-order chi connectivity index (χ0) is 13.8. The van der Waals surface area contributed by atoms with E-state index in [-0.39, 0.29) is 0 Å². The molecule has 2 heterocycles. The van der Waals surface area contributed by atoms with Gasteiger partial charge in [-0.15, -0.1) is 0 Å². The maximum atomic E-state index is 9.02. The molecule has 1 aliphatic rings. The van der Waals surface area contributed by atoms with Crippen molar-refractivity contribution in [3.8, 4) is 6.07 Å². The Balaban J connectivity index is 1.87. The molecule has 1 saturated heterocycles. The average Bonchev–Trinajstić information content (AvgIpc) is 2.69. The highest BCUT2D eigenvalue weighted by Gasteiger charge is 2.18. The summed E-state index contributed by atoms with van der Waals surface area (Å²) in [6.45, 7) is 5.18. The fraction of sp³-hybridized carbons (Fsp3) is 0.667. The third kappa shape index (κ3) is 3.17. The van der Waals surface area contributed by atoms with E-state index in [1.165, 1.54) is 37.1 Å². The van der Waals surface area contributed by atoms with Gasteiger partial charge in [0.2, 0.25) is 0 Å². The van der Waals surface area contributed by atoms with Crippen LogP contribution in [0.15, 0.2) is 6.07 Å². The van der Waals surface area contributed by atoms with Crippen molar-refractivity contribution in [1.29, 1.82) is 5.26 Å². The van der Waals surface area contributed by atoms with Crippen LogP contribution in [0.3, 0.4) is 0 Å². The average molecular weight is 260 g/mol. The lowest BCUT2D eigenvalue weighted by molar-refractivity contribution is 0.181. The van der Waals surface area contributed by atoms with Gasteiger partial charge in [-0.2, -0.15) is 5.26 Å².